The molecule has 3 rings (SSSR count). The number of thioether (sulfide) groups is 1. The van der Waals surface area contributed by atoms with Crippen LogP contribution in [0.3, 0.4) is 0 Å². The molecule has 0 saturated heterocycles. The van der Waals surface area contributed by atoms with Gasteiger partial charge in [-0.05, 0) is 23.6 Å². The van der Waals surface area contributed by atoms with Crippen LogP contribution in [0.1, 0.15) is 35.8 Å². The molecule has 0 aliphatic heterocycles. The molecular formula is C20H20F3N3S2. The lowest BCUT2D eigenvalue weighted by molar-refractivity contribution is -0.137. The van der Waals surface area contributed by atoms with Crippen LogP contribution in [0.4, 0.5) is 13.2 Å². The van der Waals surface area contributed by atoms with Crippen LogP contribution in [-0.2, 0) is 18.5 Å². The number of hydrogen-bond acceptors (Lipinski definition) is 4. The zero-order chi connectivity index (χ0) is 20.3. The average molecular weight is 424 g/mol. The van der Waals surface area contributed by atoms with Crippen LogP contribution >= 0.6 is 23.1 Å². The maximum absolute atomic E-state index is 12.9. The van der Waals surface area contributed by atoms with Gasteiger partial charge in [-0.2, -0.15) is 13.2 Å². The summed E-state index contributed by atoms with van der Waals surface area (Å²) in [6.45, 7) is 8.60. The molecule has 0 fully saturated rings. The lowest BCUT2D eigenvalue weighted by atomic mass is 10.1. The van der Waals surface area contributed by atoms with Crippen LogP contribution in [-0.4, -0.2) is 14.8 Å². The van der Waals surface area contributed by atoms with Gasteiger partial charge in [-0.3, -0.25) is 4.57 Å². The zero-order valence-electron chi connectivity index (χ0n) is 15.5. The summed E-state index contributed by atoms with van der Waals surface area (Å²) in [6, 6.07) is 7.48. The van der Waals surface area contributed by atoms with E-state index >= 15 is 0 Å². The summed E-state index contributed by atoms with van der Waals surface area (Å²) in [6.07, 6.45) is -2.58. The Kier molecular flexibility index (Phi) is 6.30. The number of thiophene rings is 1. The fourth-order valence-corrected chi connectivity index (χ4v) is 4.46. The summed E-state index contributed by atoms with van der Waals surface area (Å²) in [7, 11) is 0. The number of alkyl halides is 3. The van der Waals surface area contributed by atoms with Crippen molar-refractivity contribution in [3.05, 3.63) is 64.4 Å². The molecule has 0 spiro atoms. The molecule has 0 radical (unpaired) electrons. The third-order valence-electron chi connectivity index (χ3n) is 4.10. The molecule has 0 bridgehead atoms. The van der Waals surface area contributed by atoms with Gasteiger partial charge in [0.05, 0.1) is 5.56 Å². The molecule has 0 aliphatic rings. The van der Waals surface area contributed by atoms with E-state index in [2.05, 4.69) is 42.1 Å². The van der Waals surface area contributed by atoms with E-state index in [0.29, 0.717) is 28.9 Å². The number of rotatable bonds is 7. The summed E-state index contributed by atoms with van der Waals surface area (Å²) < 4.78 is 40.6. The minimum absolute atomic E-state index is 0.375. The van der Waals surface area contributed by atoms with Crippen molar-refractivity contribution in [2.45, 2.75) is 43.4 Å². The fourth-order valence-electron chi connectivity index (χ4n) is 2.66. The molecule has 1 aromatic carbocycles. The fraction of sp³-hybridized carbons (Fsp3) is 0.300. The summed E-state index contributed by atoms with van der Waals surface area (Å²) >= 11 is 3.05. The summed E-state index contributed by atoms with van der Waals surface area (Å²) in [5.41, 5.74) is 0.944. The second kappa shape index (κ2) is 8.53. The highest BCUT2D eigenvalue weighted by atomic mass is 32.2. The van der Waals surface area contributed by atoms with Gasteiger partial charge in [0, 0.05) is 28.1 Å². The lowest BCUT2D eigenvalue weighted by Crippen LogP contribution is -2.05. The summed E-state index contributed by atoms with van der Waals surface area (Å²) in [5, 5.41) is 11.3. The van der Waals surface area contributed by atoms with Gasteiger partial charge in [0.2, 0.25) is 0 Å². The smallest absolute Gasteiger partial charge is 0.298 e. The molecule has 2 aromatic heterocycles. The largest absolute Gasteiger partial charge is 0.416 e. The molecule has 148 valence electrons. The minimum atomic E-state index is -4.34. The topological polar surface area (TPSA) is 30.7 Å². The number of benzene rings is 1. The van der Waals surface area contributed by atoms with Crippen molar-refractivity contribution in [2.75, 3.05) is 0 Å². The highest BCUT2D eigenvalue weighted by Crippen LogP contribution is 2.33. The van der Waals surface area contributed by atoms with Crippen LogP contribution in [0.2, 0.25) is 0 Å². The van der Waals surface area contributed by atoms with E-state index in [0.717, 1.165) is 17.5 Å². The molecular weight excluding hydrogens is 403 g/mol. The molecule has 0 aliphatic carbocycles. The van der Waals surface area contributed by atoms with Gasteiger partial charge in [0.25, 0.3) is 0 Å². The highest BCUT2D eigenvalue weighted by Gasteiger charge is 2.30. The molecule has 0 unspecified atom stereocenters. The molecule has 0 N–H and O–H groups in total. The van der Waals surface area contributed by atoms with Crippen LogP contribution in [0.5, 0.6) is 0 Å². The molecule has 2 heterocycles. The lowest BCUT2D eigenvalue weighted by Gasteiger charge is -2.09. The molecule has 3 aromatic rings. The van der Waals surface area contributed by atoms with Gasteiger partial charge in [-0.25, -0.2) is 0 Å². The highest BCUT2D eigenvalue weighted by molar-refractivity contribution is 7.98. The second-order valence-corrected chi connectivity index (χ2v) is 8.47. The standard InChI is InChI=1S/C20H20F3N3S2/c1-4-8-26-18(15-10-17(13(2)3)27-12-15)24-25-19(26)28-11-14-6-5-7-16(9-14)20(21,22)23/h4-7,9-10,12-13H,1,8,11H2,2-3H3. The van der Waals surface area contributed by atoms with Gasteiger partial charge < -0.3 is 0 Å². The number of allylic oxidation sites excluding steroid dienone is 1. The van der Waals surface area contributed by atoms with Crippen molar-refractivity contribution in [1.82, 2.24) is 14.8 Å². The van der Waals surface area contributed by atoms with Crippen molar-refractivity contribution in [3.63, 3.8) is 0 Å². The SMILES string of the molecule is C=CCn1c(SCc2cccc(C(F)(F)F)c2)nnc1-c1csc(C(C)C)c1. The van der Waals surface area contributed by atoms with Crippen molar-refractivity contribution in [3.8, 4) is 11.4 Å². The van der Waals surface area contributed by atoms with Crippen molar-refractivity contribution < 1.29 is 13.2 Å². The Bertz CT molecular complexity index is 958. The van der Waals surface area contributed by atoms with E-state index in [1.807, 2.05) is 4.57 Å². The Balaban J connectivity index is 1.83. The van der Waals surface area contributed by atoms with Crippen molar-refractivity contribution in [2.24, 2.45) is 0 Å². The average Bonchev–Trinajstić information content (AvgIpc) is 3.27. The predicted octanol–water partition coefficient (Wildman–Crippen LogP) is 6.63. The number of hydrogen-bond donors (Lipinski definition) is 0. The molecule has 0 amide bonds. The molecule has 28 heavy (non-hydrogen) atoms. The Morgan fingerprint density at radius 1 is 1.25 bits per heavy atom. The van der Waals surface area contributed by atoms with Gasteiger partial charge in [-0.1, -0.05) is 49.9 Å². The Hall–Kier alpha value is -2.06. The van der Waals surface area contributed by atoms with Crippen LogP contribution < -0.4 is 0 Å². The van der Waals surface area contributed by atoms with E-state index in [1.165, 1.54) is 28.8 Å². The third-order valence-corrected chi connectivity index (χ3v) is 6.37. The van der Waals surface area contributed by atoms with Crippen molar-refractivity contribution >= 4 is 23.1 Å². The molecule has 0 saturated carbocycles. The second-order valence-electron chi connectivity index (χ2n) is 6.58. The van der Waals surface area contributed by atoms with E-state index < -0.39 is 11.7 Å². The number of halogens is 3. The van der Waals surface area contributed by atoms with Gasteiger partial charge in [-0.15, -0.1) is 28.1 Å². The molecule has 3 nitrogen and oxygen atoms in total. The van der Waals surface area contributed by atoms with Crippen LogP contribution in [0.15, 0.2) is 53.5 Å². The number of aromatic nitrogens is 3. The first kappa shape index (κ1) is 20.7. The van der Waals surface area contributed by atoms with E-state index in [1.54, 1.807) is 23.5 Å². The normalized spacial score (nSPS) is 11.9. The van der Waals surface area contributed by atoms with E-state index in [4.69, 9.17) is 0 Å². The van der Waals surface area contributed by atoms with Crippen LogP contribution in [0, 0.1) is 0 Å². The minimum Gasteiger partial charge on any atom is -0.298 e. The number of nitrogens with zero attached hydrogens (tertiary/aromatic N) is 3. The molecule has 0 atom stereocenters. The quantitative estimate of drug-likeness (QED) is 0.316. The first-order chi connectivity index (χ1) is 13.3. The Labute approximate surface area is 170 Å². The third kappa shape index (κ3) is 4.67. The van der Waals surface area contributed by atoms with E-state index in [-0.39, 0.29) is 0 Å². The maximum atomic E-state index is 12.9. The van der Waals surface area contributed by atoms with E-state index in [9.17, 15) is 13.2 Å². The van der Waals surface area contributed by atoms with Gasteiger partial charge in [0.15, 0.2) is 11.0 Å². The van der Waals surface area contributed by atoms with Gasteiger partial charge >= 0.3 is 6.18 Å². The first-order valence-electron chi connectivity index (χ1n) is 8.71. The van der Waals surface area contributed by atoms with Crippen molar-refractivity contribution in [1.29, 1.82) is 0 Å². The Morgan fingerprint density at radius 2 is 2.04 bits per heavy atom. The van der Waals surface area contributed by atoms with Crippen LogP contribution in [0.25, 0.3) is 11.4 Å². The predicted molar refractivity (Wildman–Crippen MR) is 109 cm³/mol. The maximum Gasteiger partial charge on any atom is 0.416 e. The first-order valence-corrected chi connectivity index (χ1v) is 10.6. The molecule has 8 heteroatoms. The monoisotopic (exact) mass is 423 g/mol. The summed E-state index contributed by atoms with van der Waals surface area (Å²) in [5.74, 6) is 1.55. The van der Waals surface area contributed by atoms with Gasteiger partial charge in [0.1, 0.15) is 0 Å². The summed E-state index contributed by atoms with van der Waals surface area (Å²) in [4.78, 5) is 1.27. The zero-order valence-corrected chi connectivity index (χ0v) is 17.2. The Morgan fingerprint density at radius 3 is 2.68 bits per heavy atom.